The van der Waals surface area contributed by atoms with Crippen LogP contribution in [0.4, 0.5) is 5.69 Å². The fourth-order valence-corrected chi connectivity index (χ4v) is 2.47. The van der Waals surface area contributed by atoms with Gasteiger partial charge in [-0.25, -0.2) is 0 Å². The smallest absolute Gasteiger partial charge is 0.251 e. The van der Waals surface area contributed by atoms with Gasteiger partial charge in [-0.15, -0.1) is 0 Å². The minimum atomic E-state index is -0.138. The standard InChI is InChI=1S/C14H19N3O2/c1-9-11(14(19)16-2)4-3-5-12(9)17-8-10(7-15)6-13(17)18/h3-5,10H,6-8,15H2,1-2H3,(H,16,19). The summed E-state index contributed by atoms with van der Waals surface area (Å²) in [5.74, 6) is 0.143. The van der Waals surface area contributed by atoms with E-state index in [4.69, 9.17) is 5.73 Å². The Morgan fingerprint density at radius 2 is 2.26 bits per heavy atom. The van der Waals surface area contributed by atoms with E-state index in [1.54, 1.807) is 24.1 Å². The molecule has 0 spiro atoms. The second kappa shape index (κ2) is 5.40. The van der Waals surface area contributed by atoms with E-state index >= 15 is 0 Å². The molecule has 1 aliphatic rings. The number of amides is 2. The molecule has 0 aromatic heterocycles. The van der Waals surface area contributed by atoms with Gasteiger partial charge in [0.15, 0.2) is 0 Å². The number of rotatable bonds is 3. The van der Waals surface area contributed by atoms with Crippen LogP contribution >= 0.6 is 0 Å². The number of nitrogens with zero attached hydrogens (tertiary/aromatic N) is 1. The van der Waals surface area contributed by atoms with Gasteiger partial charge in [0.1, 0.15) is 0 Å². The molecule has 1 unspecified atom stereocenters. The highest BCUT2D eigenvalue weighted by Gasteiger charge is 2.31. The molecular formula is C14H19N3O2. The zero-order valence-electron chi connectivity index (χ0n) is 11.3. The van der Waals surface area contributed by atoms with Crippen LogP contribution in [0.15, 0.2) is 18.2 Å². The highest BCUT2D eigenvalue weighted by atomic mass is 16.2. The van der Waals surface area contributed by atoms with Crippen molar-refractivity contribution in [1.82, 2.24) is 5.32 Å². The van der Waals surface area contributed by atoms with Crippen LogP contribution in [0, 0.1) is 12.8 Å². The van der Waals surface area contributed by atoms with Crippen LogP contribution in [-0.2, 0) is 4.79 Å². The zero-order chi connectivity index (χ0) is 14.0. The van der Waals surface area contributed by atoms with Crippen molar-refractivity contribution in [2.45, 2.75) is 13.3 Å². The van der Waals surface area contributed by atoms with Crippen molar-refractivity contribution in [3.05, 3.63) is 29.3 Å². The summed E-state index contributed by atoms with van der Waals surface area (Å²) in [5, 5.41) is 2.61. The Labute approximate surface area is 112 Å². The van der Waals surface area contributed by atoms with Gasteiger partial charge >= 0.3 is 0 Å². The van der Waals surface area contributed by atoms with Crippen LogP contribution in [-0.4, -0.2) is 32.0 Å². The van der Waals surface area contributed by atoms with Gasteiger partial charge in [-0.05, 0) is 37.1 Å². The van der Waals surface area contributed by atoms with Crippen molar-refractivity contribution >= 4 is 17.5 Å². The van der Waals surface area contributed by atoms with Crippen molar-refractivity contribution in [1.29, 1.82) is 0 Å². The van der Waals surface area contributed by atoms with E-state index < -0.39 is 0 Å². The van der Waals surface area contributed by atoms with E-state index in [1.807, 2.05) is 13.0 Å². The fourth-order valence-electron chi connectivity index (χ4n) is 2.47. The average Bonchev–Trinajstić information content (AvgIpc) is 2.79. The maximum atomic E-state index is 12.0. The lowest BCUT2D eigenvalue weighted by atomic mass is 10.1. The molecule has 5 nitrogen and oxygen atoms in total. The van der Waals surface area contributed by atoms with E-state index in [0.717, 1.165) is 11.3 Å². The van der Waals surface area contributed by atoms with Gasteiger partial charge < -0.3 is 16.0 Å². The second-order valence-corrected chi connectivity index (χ2v) is 4.84. The topological polar surface area (TPSA) is 75.4 Å². The summed E-state index contributed by atoms with van der Waals surface area (Å²) < 4.78 is 0. The predicted octanol–water partition coefficient (Wildman–Crippen LogP) is 0.666. The van der Waals surface area contributed by atoms with Crippen molar-refractivity contribution in [3.63, 3.8) is 0 Å². The van der Waals surface area contributed by atoms with Gasteiger partial charge in [-0.3, -0.25) is 9.59 Å². The van der Waals surface area contributed by atoms with Crippen LogP contribution in [0.2, 0.25) is 0 Å². The highest BCUT2D eigenvalue weighted by molar-refractivity contribution is 6.01. The van der Waals surface area contributed by atoms with Gasteiger partial charge in [0, 0.05) is 31.3 Å². The highest BCUT2D eigenvalue weighted by Crippen LogP contribution is 2.29. The van der Waals surface area contributed by atoms with Gasteiger partial charge in [0.2, 0.25) is 5.91 Å². The molecule has 2 amide bonds. The molecular weight excluding hydrogens is 242 g/mol. The molecule has 1 atom stereocenters. The summed E-state index contributed by atoms with van der Waals surface area (Å²) in [4.78, 5) is 25.5. The quantitative estimate of drug-likeness (QED) is 0.839. The first-order chi connectivity index (χ1) is 9.08. The molecule has 19 heavy (non-hydrogen) atoms. The third-order valence-electron chi connectivity index (χ3n) is 3.61. The summed E-state index contributed by atoms with van der Waals surface area (Å²) in [6.45, 7) is 3.01. The van der Waals surface area contributed by atoms with E-state index in [9.17, 15) is 9.59 Å². The molecule has 1 aromatic rings. The number of carbonyl (C=O) groups excluding carboxylic acids is 2. The number of anilines is 1. The summed E-state index contributed by atoms with van der Waals surface area (Å²) in [7, 11) is 1.60. The Morgan fingerprint density at radius 1 is 1.53 bits per heavy atom. The summed E-state index contributed by atoms with van der Waals surface area (Å²) in [6, 6.07) is 5.44. The third-order valence-corrected chi connectivity index (χ3v) is 3.61. The van der Waals surface area contributed by atoms with E-state index in [0.29, 0.717) is 25.1 Å². The molecule has 2 rings (SSSR count). The Morgan fingerprint density at radius 3 is 2.84 bits per heavy atom. The predicted molar refractivity (Wildman–Crippen MR) is 74.1 cm³/mol. The number of carbonyl (C=O) groups is 2. The first kappa shape index (κ1) is 13.5. The fraction of sp³-hybridized carbons (Fsp3) is 0.429. The molecule has 0 saturated carbocycles. The number of nitrogens with two attached hydrogens (primary N) is 1. The zero-order valence-corrected chi connectivity index (χ0v) is 11.3. The van der Waals surface area contributed by atoms with Crippen molar-refractivity contribution in [2.24, 2.45) is 11.7 Å². The second-order valence-electron chi connectivity index (χ2n) is 4.84. The van der Waals surface area contributed by atoms with Crippen LogP contribution in [0.25, 0.3) is 0 Å². The van der Waals surface area contributed by atoms with Gasteiger partial charge in [0.05, 0.1) is 0 Å². The van der Waals surface area contributed by atoms with Crippen LogP contribution in [0.3, 0.4) is 0 Å². The number of benzene rings is 1. The number of hydrogen-bond acceptors (Lipinski definition) is 3. The number of nitrogens with one attached hydrogen (secondary N) is 1. The molecule has 1 aliphatic heterocycles. The Hall–Kier alpha value is -1.88. The first-order valence-corrected chi connectivity index (χ1v) is 6.40. The van der Waals surface area contributed by atoms with Crippen molar-refractivity contribution in [2.75, 3.05) is 25.0 Å². The molecule has 0 bridgehead atoms. The van der Waals surface area contributed by atoms with Crippen LogP contribution in [0.5, 0.6) is 0 Å². The Kier molecular flexibility index (Phi) is 3.85. The normalized spacial score (nSPS) is 18.8. The molecule has 1 fully saturated rings. The molecule has 102 valence electrons. The van der Waals surface area contributed by atoms with Gasteiger partial charge in [-0.1, -0.05) is 6.07 Å². The minimum absolute atomic E-state index is 0.0765. The van der Waals surface area contributed by atoms with E-state index in [2.05, 4.69) is 5.32 Å². The van der Waals surface area contributed by atoms with Gasteiger partial charge in [0.25, 0.3) is 5.91 Å². The SMILES string of the molecule is CNC(=O)c1cccc(N2CC(CN)CC2=O)c1C. The largest absolute Gasteiger partial charge is 0.355 e. The minimum Gasteiger partial charge on any atom is -0.355 e. The van der Waals surface area contributed by atoms with Crippen LogP contribution < -0.4 is 16.0 Å². The third kappa shape index (κ3) is 2.46. The van der Waals surface area contributed by atoms with E-state index in [-0.39, 0.29) is 17.7 Å². The van der Waals surface area contributed by atoms with Crippen molar-refractivity contribution in [3.8, 4) is 0 Å². The molecule has 1 aromatic carbocycles. The average molecular weight is 261 g/mol. The lowest BCUT2D eigenvalue weighted by molar-refractivity contribution is -0.117. The van der Waals surface area contributed by atoms with E-state index in [1.165, 1.54) is 0 Å². The molecule has 0 radical (unpaired) electrons. The summed E-state index contributed by atoms with van der Waals surface area (Å²) in [6.07, 6.45) is 0.486. The Balaban J connectivity index is 2.36. The molecule has 3 N–H and O–H groups in total. The maximum Gasteiger partial charge on any atom is 0.251 e. The molecule has 0 aliphatic carbocycles. The van der Waals surface area contributed by atoms with Crippen molar-refractivity contribution < 1.29 is 9.59 Å². The monoisotopic (exact) mass is 261 g/mol. The molecule has 1 saturated heterocycles. The molecule has 1 heterocycles. The van der Waals surface area contributed by atoms with Crippen LogP contribution in [0.1, 0.15) is 22.3 Å². The summed E-state index contributed by atoms with van der Waals surface area (Å²) >= 11 is 0. The Bertz CT molecular complexity index is 513. The lowest BCUT2D eigenvalue weighted by Crippen LogP contribution is -2.27. The maximum absolute atomic E-state index is 12.0. The molecule has 5 heteroatoms. The lowest BCUT2D eigenvalue weighted by Gasteiger charge is -2.20. The van der Waals surface area contributed by atoms with Gasteiger partial charge in [-0.2, -0.15) is 0 Å². The first-order valence-electron chi connectivity index (χ1n) is 6.40. The summed E-state index contributed by atoms with van der Waals surface area (Å²) in [5.41, 5.74) is 7.87. The number of hydrogen-bond donors (Lipinski definition) is 2.